The van der Waals surface area contributed by atoms with E-state index >= 15 is 0 Å². The van der Waals surface area contributed by atoms with E-state index in [1.54, 1.807) is 16.7 Å². The summed E-state index contributed by atoms with van der Waals surface area (Å²) in [5, 5.41) is 6.98. The molecule has 31 heavy (non-hydrogen) atoms. The number of pyridine rings is 1. The maximum Gasteiger partial charge on any atom is 0.490 e. The molecular weight excluding hydrogens is 441 g/mol. The number of aromatic nitrogens is 1. The predicted octanol–water partition coefficient (Wildman–Crippen LogP) is 2.35. The van der Waals surface area contributed by atoms with E-state index in [0.717, 1.165) is 37.7 Å². The lowest BCUT2D eigenvalue weighted by Crippen LogP contribution is -2.51. The van der Waals surface area contributed by atoms with Crippen molar-refractivity contribution in [1.82, 2.24) is 9.29 Å². The molecule has 1 aromatic rings. The van der Waals surface area contributed by atoms with E-state index in [1.807, 2.05) is 12.1 Å². The van der Waals surface area contributed by atoms with Crippen LogP contribution >= 0.6 is 0 Å². The summed E-state index contributed by atoms with van der Waals surface area (Å²) in [6.07, 6.45) is 2.65. The Morgan fingerprint density at radius 2 is 2.10 bits per heavy atom. The Labute approximate surface area is 178 Å². The first-order chi connectivity index (χ1) is 14.5. The van der Waals surface area contributed by atoms with Crippen molar-refractivity contribution in [1.29, 1.82) is 0 Å². The smallest absolute Gasteiger partial charge is 0.475 e. The number of sulfonamides is 1. The van der Waals surface area contributed by atoms with Crippen molar-refractivity contribution >= 4 is 16.0 Å². The molecule has 0 bridgehead atoms. The van der Waals surface area contributed by atoms with E-state index in [2.05, 4.69) is 4.98 Å². The summed E-state index contributed by atoms with van der Waals surface area (Å²) in [6.45, 7) is 2.17. The molecule has 1 aliphatic carbocycles. The second-order valence-corrected chi connectivity index (χ2v) is 10.2. The molecule has 3 fully saturated rings. The lowest BCUT2D eigenvalue weighted by atomic mass is 9.90. The molecule has 174 valence electrons. The van der Waals surface area contributed by atoms with Gasteiger partial charge in [-0.1, -0.05) is 6.07 Å². The minimum atomic E-state index is -5.08. The summed E-state index contributed by atoms with van der Waals surface area (Å²) in [5.74, 6) is -2.76. The standard InChI is InChI=1S/C17H24N2O4S.C2HF3O2/c20-24(21,16-4-5-16)19-8-2-6-17(13-19)9-15(12-23-17)22-11-14-3-1-7-18-10-14;3-2(4,5)1(6)7/h1,3,7,10,15-16H,2,4-6,8-9,11-13H2;(H,6,7)/t15-,17+;/m1./s1. The van der Waals surface area contributed by atoms with Gasteiger partial charge in [0.05, 0.1) is 30.2 Å². The molecule has 2 atom stereocenters. The molecule has 0 radical (unpaired) electrons. The Morgan fingerprint density at radius 1 is 1.39 bits per heavy atom. The molecule has 2 aliphatic heterocycles. The number of ether oxygens (including phenoxy) is 2. The van der Waals surface area contributed by atoms with Crippen molar-refractivity contribution in [2.45, 2.75) is 61.8 Å². The minimum Gasteiger partial charge on any atom is -0.475 e. The number of carboxylic acids is 1. The van der Waals surface area contributed by atoms with E-state index in [4.69, 9.17) is 19.4 Å². The highest BCUT2D eigenvalue weighted by molar-refractivity contribution is 7.90. The van der Waals surface area contributed by atoms with Gasteiger partial charge in [0.2, 0.25) is 10.0 Å². The average molecular weight is 466 g/mol. The number of hydrogen-bond donors (Lipinski definition) is 1. The molecule has 0 aromatic carbocycles. The maximum atomic E-state index is 12.5. The van der Waals surface area contributed by atoms with Gasteiger partial charge in [-0.15, -0.1) is 0 Å². The summed E-state index contributed by atoms with van der Waals surface area (Å²) in [6, 6.07) is 3.89. The fourth-order valence-electron chi connectivity index (χ4n) is 3.74. The second-order valence-electron chi connectivity index (χ2n) is 7.98. The van der Waals surface area contributed by atoms with E-state index in [1.165, 1.54) is 0 Å². The molecule has 8 nitrogen and oxygen atoms in total. The van der Waals surface area contributed by atoms with Gasteiger partial charge in [-0.2, -0.15) is 17.5 Å². The highest BCUT2D eigenvalue weighted by atomic mass is 32.2. The van der Waals surface area contributed by atoms with E-state index in [9.17, 15) is 21.6 Å². The summed E-state index contributed by atoms with van der Waals surface area (Å²) in [4.78, 5) is 13.0. The molecule has 4 rings (SSSR count). The van der Waals surface area contributed by atoms with Crippen molar-refractivity contribution in [3.8, 4) is 0 Å². The van der Waals surface area contributed by atoms with Crippen molar-refractivity contribution in [2.75, 3.05) is 19.7 Å². The van der Waals surface area contributed by atoms with Crippen LogP contribution in [-0.2, 0) is 30.9 Å². The number of carbonyl (C=O) groups is 1. The van der Waals surface area contributed by atoms with Crippen LogP contribution in [0.3, 0.4) is 0 Å². The van der Waals surface area contributed by atoms with Crippen LogP contribution in [0.1, 0.15) is 37.7 Å². The van der Waals surface area contributed by atoms with Gasteiger partial charge in [0, 0.05) is 31.9 Å². The van der Waals surface area contributed by atoms with Gasteiger partial charge in [-0.05, 0) is 37.3 Å². The number of aliphatic carboxylic acids is 1. The Kier molecular flexibility index (Phi) is 7.24. The van der Waals surface area contributed by atoms with Crippen molar-refractivity contribution in [3.05, 3.63) is 30.1 Å². The van der Waals surface area contributed by atoms with Gasteiger partial charge >= 0.3 is 12.1 Å². The van der Waals surface area contributed by atoms with Gasteiger partial charge in [-0.3, -0.25) is 4.98 Å². The zero-order valence-corrected chi connectivity index (χ0v) is 17.6. The van der Waals surface area contributed by atoms with E-state index < -0.39 is 22.2 Å². The molecule has 1 spiro atoms. The molecule has 0 unspecified atom stereocenters. The number of carboxylic acid groups (broad SMARTS) is 1. The molecule has 3 aliphatic rings. The van der Waals surface area contributed by atoms with Crippen LogP contribution in [0, 0.1) is 0 Å². The molecular formula is C19H25F3N2O6S. The molecule has 1 saturated carbocycles. The topological polar surface area (TPSA) is 106 Å². The Morgan fingerprint density at radius 3 is 2.68 bits per heavy atom. The highest BCUT2D eigenvalue weighted by Gasteiger charge is 2.49. The second kappa shape index (κ2) is 9.39. The minimum absolute atomic E-state index is 0.0220. The van der Waals surface area contributed by atoms with Crippen LogP contribution in [-0.4, -0.2) is 71.6 Å². The first kappa shape index (κ1) is 23.9. The third kappa shape index (κ3) is 6.37. The number of alkyl halides is 3. The molecule has 1 aromatic heterocycles. The number of halogens is 3. The van der Waals surface area contributed by atoms with Crippen molar-refractivity contribution in [2.24, 2.45) is 0 Å². The Balaban J connectivity index is 0.000000339. The van der Waals surface area contributed by atoms with Crippen LogP contribution in [0.5, 0.6) is 0 Å². The van der Waals surface area contributed by atoms with Gasteiger partial charge in [-0.25, -0.2) is 13.2 Å². The van der Waals surface area contributed by atoms with Crippen LogP contribution in [0.15, 0.2) is 24.5 Å². The maximum absolute atomic E-state index is 12.5. The summed E-state index contributed by atoms with van der Waals surface area (Å²) in [7, 11) is -3.12. The fourth-order valence-corrected chi connectivity index (χ4v) is 5.69. The number of hydrogen-bond acceptors (Lipinski definition) is 6. The lowest BCUT2D eigenvalue weighted by molar-refractivity contribution is -0.192. The summed E-state index contributed by atoms with van der Waals surface area (Å²) < 4.78 is 70.5. The van der Waals surface area contributed by atoms with Gasteiger partial charge in [0.25, 0.3) is 0 Å². The van der Waals surface area contributed by atoms with Crippen LogP contribution in [0.2, 0.25) is 0 Å². The number of piperidine rings is 1. The van der Waals surface area contributed by atoms with E-state index in [0.29, 0.717) is 26.3 Å². The quantitative estimate of drug-likeness (QED) is 0.710. The monoisotopic (exact) mass is 466 g/mol. The highest BCUT2D eigenvalue weighted by Crippen LogP contribution is 2.39. The SMILES string of the molecule is O=C(O)C(F)(F)F.O=S(=O)(C1CC1)N1CCC[C@]2(C[C@@H](OCc3cccnc3)CO2)C1. The predicted molar refractivity (Wildman–Crippen MR) is 103 cm³/mol. The normalized spacial score (nSPS) is 27.0. The van der Waals surface area contributed by atoms with Gasteiger partial charge < -0.3 is 14.6 Å². The Bertz CT molecular complexity index is 863. The lowest BCUT2D eigenvalue weighted by Gasteiger charge is -2.39. The number of rotatable bonds is 5. The van der Waals surface area contributed by atoms with Crippen molar-refractivity contribution < 1.29 is 41.0 Å². The molecule has 1 N–H and O–H groups in total. The summed E-state index contributed by atoms with van der Waals surface area (Å²) >= 11 is 0. The molecule has 2 saturated heterocycles. The van der Waals surface area contributed by atoms with Gasteiger partial charge in [0.15, 0.2) is 0 Å². The zero-order chi connectivity index (χ0) is 22.7. The fraction of sp³-hybridized carbons (Fsp3) is 0.684. The first-order valence-electron chi connectivity index (χ1n) is 9.95. The Hall–Kier alpha value is -1.76. The largest absolute Gasteiger partial charge is 0.490 e. The third-order valence-electron chi connectivity index (χ3n) is 5.44. The first-order valence-corrected chi connectivity index (χ1v) is 11.5. The van der Waals surface area contributed by atoms with E-state index in [-0.39, 0.29) is 17.0 Å². The van der Waals surface area contributed by atoms with Crippen LogP contribution in [0.4, 0.5) is 13.2 Å². The zero-order valence-electron chi connectivity index (χ0n) is 16.8. The van der Waals surface area contributed by atoms with Crippen LogP contribution < -0.4 is 0 Å². The third-order valence-corrected chi connectivity index (χ3v) is 7.78. The molecule has 0 amide bonds. The molecule has 3 heterocycles. The number of nitrogens with zero attached hydrogens (tertiary/aromatic N) is 2. The average Bonchev–Trinajstić information content (AvgIpc) is 3.51. The summed E-state index contributed by atoms with van der Waals surface area (Å²) in [5.41, 5.74) is 0.680. The van der Waals surface area contributed by atoms with Crippen molar-refractivity contribution in [3.63, 3.8) is 0 Å². The van der Waals surface area contributed by atoms with Crippen LogP contribution in [0.25, 0.3) is 0 Å². The molecule has 12 heteroatoms. The van der Waals surface area contributed by atoms with Gasteiger partial charge in [0.1, 0.15) is 0 Å².